The number of rotatable bonds is 0. The summed E-state index contributed by atoms with van der Waals surface area (Å²) in [4.78, 5) is 0. The molecule has 3 saturated carbocycles. The third-order valence-corrected chi connectivity index (χ3v) is 7.62. The molecule has 8 rings (SSSR count). The summed E-state index contributed by atoms with van der Waals surface area (Å²) in [6.45, 7) is 10.5. The number of nitrogens with one attached hydrogen (secondary N) is 1. The van der Waals surface area contributed by atoms with E-state index in [4.69, 9.17) is 18.9 Å². The van der Waals surface area contributed by atoms with Crippen LogP contribution in [0.5, 0.6) is 0 Å². The molecule has 0 spiro atoms. The maximum atomic E-state index is 5.07. The lowest BCUT2D eigenvalue weighted by atomic mass is 10.0. The zero-order chi connectivity index (χ0) is 28.3. The third kappa shape index (κ3) is 35.8. The number of hydrogen-bond acceptors (Lipinski definition) is 5. The monoisotopic (exact) mass is 570 g/mol. The molecule has 5 heteroatoms. The summed E-state index contributed by atoms with van der Waals surface area (Å²) in [5.74, 6) is 0. The zero-order valence-electron chi connectivity index (χ0n) is 26.9. The first kappa shape index (κ1) is 37.8. The normalized spacial score (nSPS) is 24.0. The Morgan fingerprint density at radius 2 is 0.400 bits per heavy atom. The second-order valence-corrected chi connectivity index (χ2v) is 12.0. The van der Waals surface area contributed by atoms with Crippen LogP contribution in [0.15, 0.2) is 0 Å². The van der Waals surface area contributed by atoms with Gasteiger partial charge in [0, 0.05) is 52.9 Å². The van der Waals surface area contributed by atoms with E-state index in [1.165, 1.54) is 174 Å². The van der Waals surface area contributed by atoms with Crippen LogP contribution in [0.3, 0.4) is 0 Å². The van der Waals surface area contributed by atoms with E-state index in [1.54, 1.807) is 0 Å². The minimum Gasteiger partial charge on any atom is -0.381 e. The fraction of sp³-hybridized carbons (Fsp3) is 1.00. The van der Waals surface area contributed by atoms with Crippen molar-refractivity contribution in [3.8, 4) is 0 Å². The highest BCUT2D eigenvalue weighted by molar-refractivity contribution is 4.56. The Labute approximate surface area is 250 Å². The van der Waals surface area contributed by atoms with Crippen molar-refractivity contribution in [3.63, 3.8) is 0 Å². The third-order valence-electron chi connectivity index (χ3n) is 7.62. The van der Waals surface area contributed by atoms with Crippen molar-refractivity contribution in [2.45, 2.75) is 161 Å². The lowest BCUT2D eigenvalue weighted by Crippen LogP contribution is -2.09. The van der Waals surface area contributed by atoms with Crippen LogP contribution in [0.1, 0.15) is 161 Å². The molecular weight excluding hydrogens is 498 g/mol. The zero-order valence-corrected chi connectivity index (χ0v) is 26.9. The van der Waals surface area contributed by atoms with Crippen LogP contribution in [0.2, 0.25) is 0 Å². The topological polar surface area (TPSA) is 49.0 Å². The summed E-state index contributed by atoms with van der Waals surface area (Å²) in [5, 5.41) is 3.22. The molecule has 5 heterocycles. The number of ether oxygens (including phenoxy) is 4. The van der Waals surface area contributed by atoms with Crippen LogP contribution in [0, 0.1) is 0 Å². The smallest absolute Gasteiger partial charge is 0.0488 e. The lowest BCUT2D eigenvalue weighted by molar-refractivity contribution is 0.0367. The molecule has 240 valence electrons. The van der Waals surface area contributed by atoms with E-state index in [0.29, 0.717) is 0 Å². The van der Waals surface area contributed by atoms with Gasteiger partial charge in [-0.3, -0.25) is 0 Å². The van der Waals surface area contributed by atoms with Gasteiger partial charge in [-0.25, -0.2) is 0 Å². The minimum absolute atomic E-state index is 1.00. The van der Waals surface area contributed by atoms with Crippen molar-refractivity contribution >= 4 is 0 Å². The Morgan fingerprint density at radius 3 is 0.500 bits per heavy atom. The highest BCUT2D eigenvalue weighted by Crippen LogP contribution is 2.16. The van der Waals surface area contributed by atoms with Crippen LogP contribution < -0.4 is 5.32 Å². The standard InChI is InChI=1S/C6H12.2C5H10O.C5H10.C4H9N.C4H8O.C3H6O.C3H6/c3*1-2-4-6-5-3-1;3*1-2-4-5-3-1;1-2-4-3-1;1-2-3-1/h1-6H2;2*1-5H2;1-5H2;5H,1-4H2;1-4H2;1-3H2;1-3H2. The van der Waals surface area contributed by atoms with Crippen LogP contribution >= 0.6 is 0 Å². The predicted molar refractivity (Wildman–Crippen MR) is 172 cm³/mol. The molecule has 5 nitrogen and oxygen atoms in total. The molecule has 0 bridgehead atoms. The summed E-state index contributed by atoms with van der Waals surface area (Å²) in [6, 6.07) is 0. The maximum Gasteiger partial charge on any atom is 0.0488 e. The van der Waals surface area contributed by atoms with Crippen LogP contribution in [0.4, 0.5) is 0 Å². The predicted octanol–water partition coefficient (Wildman–Crippen LogP) is 9.41. The molecule has 0 aromatic rings. The first-order valence-electron chi connectivity index (χ1n) is 18.0. The summed E-state index contributed by atoms with van der Waals surface area (Å²) in [7, 11) is 0. The molecule has 0 aromatic heterocycles. The van der Waals surface area contributed by atoms with Gasteiger partial charge < -0.3 is 24.3 Å². The van der Waals surface area contributed by atoms with Crippen molar-refractivity contribution in [3.05, 3.63) is 0 Å². The summed E-state index contributed by atoms with van der Waals surface area (Å²) < 4.78 is 19.8. The molecule has 0 aromatic carbocycles. The molecule has 0 amide bonds. The molecule has 3 aliphatic carbocycles. The average molecular weight is 570 g/mol. The largest absolute Gasteiger partial charge is 0.381 e. The second kappa shape index (κ2) is 35.0. The molecule has 1 N–H and O–H groups in total. The van der Waals surface area contributed by atoms with E-state index in [1.807, 2.05) is 0 Å². The maximum absolute atomic E-state index is 5.07. The van der Waals surface area contributed by atoms with Gasteiger partial charge in [0.15, 0.2) is 0 Å². The van der Waals surface area contributed by atoms with Gasteiger partial charge in [0.25, 0.3) is 0 Å². The van der Waals surface area contributed by atoms with E-state index >= 15 is 0 Å². The van der Waals surface area contributed by atoms with E-state index in [0.717, 1.165) is 52.9 Å². The van der Waals surface area contributed by atoms with E-state index in [-0.39, 0.29) is 0 Å². The van der Waals surface area contributed by atoms with Gasteiger partial charge in [0.1, 0.15) is 0 Å². The molecule has 0 radical (unpaired) electrons. The molecule has 8 fully saturated rings. The Kier molecular flexibility index (Phi) is 33.1. The molecule has 0 atom stereocenters. The lowest BCUT2D eigenvalue weighted by Gasteiger charge is -2.09. The molecule has 40 heavy (non-hydrogen) atoms. The van der Waals surface area contributed by atoms with Gasteiger partial charge in [-0.1, -0.05) is 89.9 Å². The molecular formula is C35H71NO4. The van der Waals surface area contributed by atoms with E-state index < -0.39 is 0 Å². The average Bonchev–Trinajstić information content (AvgIpc) is 3.51. The Morgan fingerprint density at radius 1 is 0.200 bits per heavy atom. The van der Waals surface area contributed by atoms with Gasteiger partial charge in [-0.15, -0.1) is 0 Å². The van der Waals surface area contributed by atoms with Gasteiger partial charge in [-0.05, 0) is 83.7 Å². The Hall–Kier alpha value is -0.200. The SMILES string of the molecule is C1CC1.C1CCCC1.C1CCCCC1.C1CCNC1.C1CCOC1.C1CCOCC1.C1CCOCC1.C1COC1. The van der Waals surface area contributed by atoms with Crippen molar-refractivity contribution in [1.29, 1.82) is 0 Å². The Balaban J connectivity index is 0.000000230. The minimum atomic E-state index is 1.00. The van der Waals surface area contributed by atoms with Gasteiger partial charge in [0.2, 0.25) is 0 Å². The van der Waals surface area contributed by atoms with Crippen LogP contribution in [-0.2, 0) is 18.9 Å². The van der Waals surface area contributed by atoms with Crippen molar-refractivity contribution in [1.82, 2.24) is 5.32 Å². The molecule has 5 saturated heterocycles. The van der Waals surface area contributed by atoms with E-state index in [9.17, 15) is 0 Å². The highest BCUT2D eigenvalue weighted by Gasteiger charge is 1.98. The quantitative estimate of drug-likeness (QED) is 0.315. The molecule has 5 aliphatic heterocycles. The fourth-order valence-corrected chi connectivity index (χ4v) is 4.60. The van der Waals surface area contributed by atoms with Crippen LogP contribution in [0.25, 0.3) is 0 Å². The van der Waals surface area contributed by atoms with Crippen molar-refractivity contribution in [2.24, 2.45) is 0 Å². The van der Waals surface area contributed by atoms with Gasteiger partial charge in [0.05, 0.1) is 0 Å². The summed E-state index contributed by atoms with van der Waals surface area (Å²) in [5.41, 5.74) is 0. The first-order valence-corrected chi connectivity index (χ1v) is 18.0. The summed E-state index contributed by atoms with van der Waals surface area (Å²) in [6.07, 6.45) is 35.5. The van der Waals surface area contributed by atoms with Gasteiger partial charge >= 0.3 is 0 Å². The van der Waals surface area contributed by atoms with Gasteiger partial charge in [-0.2, -0.15) is 0 Å². The second-order valence-electron chi connectivity index (χ2n) is 12.0. The van der Waals surface area contributed by atoms with E-state index in [2.05, 4.69) is 5.32 Å². The van der Waals surface area contributed by atoms with Crippen LogP contribution in [-0.4, -0.2) is 65.9 Å². The number of hydrogen-bond donors (Lipinski definition) is 1. The molecule has 8 aliphatic rings. The summed E-state index contributed by atoms with van der Waals surface area (Å²) >= 11 is 0. The molecule has 0 unspecified atom stereocenters. The Bertz CT molecular complexity index is 305. The highest BCUT2D eigenvalue weighted by atomic mass is 16.5. The first-order chi connectivity index (χ1) is 20.0. The van der Waals surface area contributed by atoms with Crippen molar-refractivity contribution in [2.75, 3.05) is 65.9 Å². The van der Waals surface area contributed by atoms with Crippen molar-refractivity contribution < 1.29 is 18.9 Å². The fourth-order valence-electron chi connectivity index (χ4n) is 4.60.